The lowest BCUT2D eigenvalue weighted by Crippen LogP contribution is -2.20. The first-order chi connectivity index (χ1) is 9.54. The summed E-state index contributed by atoms with van der Waals surface area (Å²) in [6.07, 6.45) is -0.146. The molecule has 0 fully saturated rings. The SMILES string of the molecule is Cc1csc(NC(=O)Nc2ccccc2CC(=O)O)n1. The Labute approximate surface area is 119 Å². The van der Waals surface area contributed by atoms with Crippen molar-refractivity contribution in [1.29, 1.82) is 0 Å². The zero-order valence-corrected chi connectivity index (χ0v) is 11.5. The molecule has 0 unspecified atom stereocenters. The molecule has 104 valence electrons. The second-order valence-electron chi connectivity index (χ2n) is 4.10. The van der Waals surface area contributed by atoms with Gasteiger partial charge in [0.25, 0.3) is 0 Å². The summed E-state index contributed by atoms with van der Waals surface area (Å²) in [6, 6.07) is 6.33. The third kappa shape index (κ3) is 3.79. The monoisotopic (exact) mass is 291 g/mol. The molecule has 0 aliphatic heterocycles. The van der Waals surface area contributed by atoms with E-state index in [0.717, 1.165) is 5.69 Å². The molecule has 2 aromatic rings. The molecule has 20 heavy (non-hydrogen) atoms. The van der Waals surface area contributed by atoms with Crippen LogP contribution in [0.3, 0.4) is 0 Å². The van der Waals surface area contributed by atoms with Gasteiger partial charge in [0.1, 0.15) is 0 Å². The number of thiazole rings is 1. The predicted molar refractivity (Wildman–Crippen MR) is 77.3 cm³/mol. The van der Waals surface area contributed by atoms with Gasteiger partial charge in [-0.3, -0.25) is 10.1 Å². The van der Waals surface area contributed by atoms with E-state index in [4.69, 9.17) is 5.11 Å². The Morgan fingerprint density at radius 1 is 1.30 bits per heavy atom. The molecule has 0 saturated carbocycles. The van der Waals surface area contributed by atoms with E-state index in [1.807, 2.05) is 12.3 Å². The Hall–Kier alpha value is -2.41. The average Bonchev–Trinajstić information content (AvgIpc) is 2.76. The van der Waals surface area contributed by atoms with Gasteiger partial charge in [0.15, 0.2) is 5.13 Å². The number of carboxylic acids is 1. The van der Waals surface area contributed by atoms with Gasteiger partial charge in [-0.25, -0.2) is 9.78 Å². The van der Waals surface area contributed by atoms with Crippen molar-refractivity contribution in [3.05, 3.63) is 40.9 Å². The van der Waals surface area contributed by atoms with Crippen LogP contribution in [-0.2, 0) is 11.2 Å². The predicted octanol–water partition coefficient (Wildman–Crippen LogP) is 2.72. The van der Waals surface area contributed by atoms with Gasteiger partial charge in [-0.05, 0) is 18.6 Å². The summed E-state index contributed by atoms with van der Waals surface area (Å²) in [5.74, 6) is -0.949. The first-order valence-electron chi connectivity index (χ1n) is 5.84. The Bertz CT molecular complexity index is 639. The summed E-state index contributed by atoms with van der Waals surface area (Å²) in [4.78, 5) is 26.7. The van der Waals surface area contributed by atoms with Crippen molar-refractivity contribution in [3.63, 3.8) is 0 Å². The number of amides is 2. The van der Waals surface area contributed by atoms with E-state index in [0.29, 0.717) is 16.4 Å². The van der Waals surface area contributed by atoms with Crippen LogP contribution in [-0.4, -0.2) is 22.1 Å². The van der Waals surface area contributed by atoms with Crippen LogP contribution in [0.4, 0.5) is 15.6 Å². The number of urea groups is 1. The Morgan fingerprint density at radius 3 is 2.70 bits per heavy atom. The maximum atomic E-state index is 11.8. The topological polar surface area (TPSA) is 91.3 Å². The van der Waals surface area contributed by atoms with Crippen LogP contribution in [0.2, 0.25) is 0 Å². The molecule has 1 aromatic heterocycles. The van der Waals surface area contributed by atoms with Crippen LogP contribution in [0.1, 0.15) is 11.3 Å². The van der Waals surface area contributed by atoms with Gasteiger partial charge in [-0.15, -0.1) is 11.3 Å². The van der Waals surface area contributed by atoms with Crippen LogP contribution < -0.4 is 10.6 Å². The molecular weight excluding hydrogens is 278 g/mol. The molecule has 0 atom stereocenters. The summed E-state index contributed by atoms with van der Waals surface area (Å²) in [5, 5.41) is 16.4. The number of nitrogens with zero attached hydrogens (tertiary/aromatic N) is 1. The number of para-hydroxylation sites is 1. The fraction of sp³-hybridized carbons (Fsp3) is 0.154. The summed E-state index contributed by atoms with van der Waals surface area (Å²) < 4.78 is 0. The average molecular weight is 291 g/mol. The smallest absolute Gasteiger partial charge is 0.325 e. The van der Waals surface area contributed by atoms with E-state index in [1.165, 1.54) is 11.3 Å². The van der Waals surface area contributed by atoms with E-state index in [2.05, 4.69) is 15.6 Å². The number of carbonyl (C=O) groups is 2. The molecule has 1 aromatic carbocycles. The number of rotatable bonds is 4. The van der Waals surface area contributed by atoms with E-state index in [-0.39, 0.29) is 6.42 Å². The van der Waals surface area contributed by atoms with Crippen molar-refractivity contribution in [2.45, 2.75) is 13.3 Å². The number of carbonyl (C=O) groups excluding carboxylic acids is 1. The van der Waals surface area contributed by atoms with Crippen molar-refractivity contribution >= 4 is 34.2 Å². The fourth-order valence-corrected chi connectivity index (χ4v) is 2.30. The van der Waals surface area contributed by atoms with Crippen LogP contribution in [0, 0.1) is 6.92 Å². The highest BCUT2D eigenvalue weighted by molar-refractivity contribution is 7.13. The summed E-state index contributed by atoms with van der Waals surface area (Å²) >= 11 is 1.33. The van der Waals surface area contributed by atoms with E-state index >= 15 is 0 Å². The molecule has 0 saturated heterocycles. The maximum absolute atomic E-state index is 11.8. The minimum absolute atomic E-state index is 0.146. The molecular formula is C13H13N3O3S. The number of carboxylic acid groups (broad SMARTS) is 1. The molecule has 0 bridgehead atoms. The van der Waals surface area contributed by atoms with Gasteiger partial charge in [0.05, 0.1) is 12.1 Å². The molecule has 7 heteroatoms. The highest BCUT2D eigenvalue weighted by Gasteiger charge is 2.10. The van der Waals surface area contributed by atoms with Crippen molar-refractivity contribution in [1.82, 2.24) is 4.98 Å². The lowest BCUT2D eigenvalue weighted by atomic mass is 10.1. The molecule has 6 nitrogen and oxygen atoms in total. The van der Waals surface area contributed by atoms with Crippen LogP contribution in [0.15, 0.2) is 29.6 Å². The second kappa shape index (κ2) is 6.16. The fourth-order valence-electron chi connectivity index (χ4n) is 1.62. The molecule has 1 heterocycles. The minimum atomic E-state index is -0.949. The number of anilines is 2. The van der Waals surface area contributed by atoms with Crippen molar-refractivity contribution in [3.8, 4) is 0 Å². The Kier molecular flexibility index (Phi) is 4.31. The Morgan fingerprint density at radius 2 is 2.05 bits per heavy atom. The number of aryl methyl sites for hydroxylation is 1. The van der Waals surface area contributed by atoms with Gasteiger partial charge in [-0.2, -0.15) is 0 Å². The molecule has 0 radical (unpaired) electrons. The number of aliphatic carboxylic acids is 1. The standard InChI is InChI=1S/C13H13N3O3S/c1-8-7-20-13(14-8)16-12(19)15-10-5-3-2-4-9(10)6-11(17)18/h2-5,7H,6H2,1H3,(H,17,18)(H2,14,15,16,19). The Balaban J connectivity index is 2.05. The maximum Gasteiger partial charge on any atom is 0.325 e. The number of aromatic nitrogens is 1. The van der Waals surface area contributed by atoms with Crippen LogP contribution in [0.5, 0.6) is 0 Å². The van der Waals surface area contributed by atoms with E-state index in [9.17, 15) is 9.59 Å². The molecule has 0 spiro atoms. The number of benzene rings is 1. The summed E-state index contributed by atoms with van der Waals surface area (Å²) in [6.45, 7) is 1.84. The molecule has 2 amide bonds. The highest BCUT2D eigenvalue weighted by Crippen LogP contribution is 2.18. The molecule has 0 aliphatic rings. The van der Waals surface area contributed by atoms with E-state index < -0.39 is 12.0 Å². The van der Waals surface area contributed by atoms with Gasteiger partial charge < -0.3 is 10.4 Å². The number of hydrogen-bond acceptors (Lipinski definition) is 4. The lowest BCUT2D eigenvalue weighted by Gasteiger charge is -2.09. The van der Waals surface area contributed by atoms with Gasteiger partial charge in [-0.1, -0.05) is 18.2 Å². The molecule has 3 N–H and O–H groups in total. The van der Waals surface area contributed by atoms with Gasteiger partial charge in [0.2, 0.25) is 0 Å². The largest absolute Gasteiger partial charge is 0.481 e. The van der Waals surface area contributed by atoms with Gasteiger partial charge in [0, 0.05) is 11.1 Å². The quantitative estimate of drug-likeness (QED) is 0.807. The van der Waals surface area contributed by atoms with Crippen LogP contribution >= 0.6 is 11.3 Å². The first kappa shape index (κ1) is 14.0. The third-order valence-electron chi connectivity index (χ3n) is 2.45. The summed E-state index contributed by atoms with van der Waals surface area (Å²) in [7, 11) is 0. The zero-order chi connectivity index (χ0) is 14.5. The second-order valence-corrected chi connectivity index (χ2v) is 4.96. The molecule has 2 rings (SSSR count). The lowest BCUT2D eigenvalue weighted by molar-refractivity contribution is -0.136. The van der Waals surface area contributed by atoms with Crippen molar-refractivity contribution in [2.75, 3.05) is 10.6 Å². The minimum Gasteiger partial charge on any atom is -0.481 e. The van der Waals surface area contributed by atoms with Crippen LogP contribution in [0.25, 0.3) is 0 Å². The van der Waals surface area contributed by atoms with Crippen molar-refractivity contribution in [2.24, 2.45) is 0 Å². The third-order valence-corrected chi connectivity index (χ3v) is 3.32. The zero-order valence-electron chi connectivity index (χ0n) is 10.7. The van der Waals surface area contributed by atoms with E-state index in [1.54, 1.807) is 24.3 Å². The number of nitrogens with one attached hydrogen (secondary N) is 2. The molecule has 0 aliphatic carbocycles. The van der Waals surface area contributed by atoms with Gasteiger partial charge >= 0.3 is 12.0 Å². The number of hydrogen-bond donors (Lipinski definition) is 3. The highest BCUT2D eigenvalue weighted by atomic mass is 32.1. The summed E-state index contributed by atoms with van der Waals surface area (Å²) in [5.41, 5.74) is 1.85. The normalized spacial score (nSPS) is 10.1. The first-order valence-corrected chi connectivity index (χ1v) is 6.72. The van der Waals surface area contributed by atoms with Crippen molar-refractivity contribution < 1.29 is 14.7 Å².